The Hall–Kier alpha value is -4.49. The van der Waals surface area contributed by atoms with Crippen molar-refractivity contribution in [2.24, 2.45) is 5.41 Å². The number of nitrogens with zero attached hydrogens (tertiary/aromatic N) is 4. The van der Waals surface area contributed by atoms with E-state index in [9.17, 15) is 24.3 Å². The fraction of sp³-hybridized carbons (Fsp3) is 0.500. The van der Waals surface area contributed by atoms with Gasteiger partial charge in [-0.3, -0.25) is 24.1 Å². The molecule has 3 fully saturated rings. The van der Waals surface area contributed by atoms with Gasteiger partial charge in [0.1, 0.15) is 0 Å². The molecule has 3 aromatic rings. The fourth-order valence-corrected chi connectivity index (χ4v) is 9.23. The Balaban J connectivity index is 0.851. The third kappa shape index (κ3) is 9.97. The molecule has 4 heterocycles. The Morgan fingerprint density at radius 1 is 0.842 bits per heavy atom. The van der Waals surface area contributed by atoms with Gasteiger partial charge in [-0.1, -0.05) is 29.8 Å². The number of carbonyl (C=O) groups is 4. The zero-order valence-electron chi connectivity index (χ0n) is 33.1. The molecule has 3 aromatic carbocycles. The molecule has 304 valence electrons. The predicted octanol–water partition coefficient (Wildman–Crippen LogP) is 4.92. The largest absolute Gasteiger partial charge is 0.391 e. The Kier molecular flexibility index (Phi) is 12.8. The molecule has 3 unspecified atom stereocenters. The summed E-state index contributed by atoms with van der Waals surface area (Å²) in [5.41, 5.74) is 5.86. The van der Waals surface area contributed by atoms with Crippen LogP contribution in [0.4, 0.5) is 11.4 Å². The maximum absolute atomic E-state index is 13.1. The highest BCUT2D eigenvalue weighted by Crippen LogP contribution is 2.42. The summed E-state index contributed by atoms with van der Waals surface area (Å²) in [6, 6.07) is 21.7. The smallest absolute Gasteiger partial charge is 0.251 e. The molecule has 7 rings (SSSR count). The number of rotatable bonds is 11. The van der Waals surface area contributed by atoms with Crippen LogP contribution in [0.1, 0.15) is 74.3 Å². The van der Waals surface area contributed by atoms with Crippen LogP contribution in [0.15, 0.2) is 66.7 Å². The maximum atomic E-state index is 13.1. The van der Waals surface area contributed by atoms with E-state index in [1.165, 1.54) is 0 Å². The second-order valence-electron chi connectivity index (χ2n) is 16.5. The molecule has 12 nitrogen and oxygen atoms in total. The van der Waals surface area contributed by atoms with E-state index >= 15 is 0 Å². The van der Waals surface area contributed by atoms with E-state index in [4.69, 9.17) is 11.6 Å². The average molecular weight is 798 g/mol. The van der Waals surface area contributed by atoms with Crippen LogP contribution in [0.2, 0.25) is 5.02 Å². The summed E-state index contributed by atoms with van der Waals surface area (Å²) >= 11 is 6.13. The van der Waals surface area contributed by atoms with Crippen LogP contribution in [-0.4, -0.2) is 121 Å². The number of aliphatic hydroxyl groups is 1. The summed E-state index contributed by atoms with van der Waals surface area (Å²) in [5.74, 6) is -0.338. The summed E-state index contributed by atoms with van der Waals surface area (Å²) in [6.07, 6.45) is 5.25. The number of benzene rings is 3. The lowest BCUT2D eigenvalue weighted by atomic mass is 9.71. The number of β-amino-alcohol motifs (C(OH)–C–C–N with tert-alkyl or cyclic N) is 1. The minimum atomic E-state index is -0.463. The van der Waals surface area contributed by atoms with Gasteiger partial charge in [0, 0.05) is 61.1 Å². The topological polar surface area (TPSA) is 138 Å². The zero-order valence-corrected chi connectivity index (χ0v) is 33.9. The Bertz CT molecular complexity index is 1910. The molecule has 4 amide bonds. The number of likely N-dealkylation sites (tertiary alicyclic amines) is 3. The summed E-state index contributed by atoms with van der Waals surface area (Å²) in [6.45, 7) is 10.00. The Morgan fingerprint density at radius 3 is 2.16 bits per heavy atom. The van der Waals surface area contributed by atoms with Crippen molar-refractivity contribution in [1.82, 2.24) is 25.3 Å². The van der Waals surface area contributed by atoms with E-state index in [0.29, 0.717) is 48.6 Å². The summed E-state index contributed by atoms with van der Waals surface area (Å²) < 4.78 is 0. The molecule has 4 aliphatic rings. The first-order valence-electron chi connectivity index (χ1n) is 20.5. The number of halogens is 1. The molecule has 4 aliphatic heterocycles. The number of aliphatic hydroxyl groups excluding tert-OH is 1. The van der Waals surface area contributed by atoms with Gasteiger partial charge in [0.25, 0.3) is 5.91 Å². The van der Waals surface area contributed by atoms with Crippen molar-refractivity contribution >= 4 is 46.6 Å². The normalized spacial score (nSPS) is 22.2. The summed E-state index contributed by atoms with van der Waals surface area (Å²) in [4.78, 5) is 58.8. The number of hydrogen-bond donors (Lipinski definition) is 4. The molecule has 13 heteroatoms. The number of anilines is 2. The number of amides is 4. The molecule has 0 radical (unpaired) electrons. The lowest BCUT2D eigenvalue weighted by molar-refractivity contribution is -0.132. The van der Waals surface area contributed by atoms with Crippen molar-refractivity contribution < 1.29 is 24.3 Å². The van der Waals surface area contributed by atoms with Crippen molar-refractivity contribution in [2.45, 2.75) is 70.6 Å². The van der Waals surface area contributed by atoms with Gasteiger partial charge in [-0.2, -0.15) is 0 Å². The van der Waals surface area contributed by atoms with Gasteiger partial charge in [-0.05, 0) is 142 Å². The fourth-order valence-electron chi connectivity index (χ4n) is 9.10. The maximum Gasteiger partial charge on any atom is 0.251 e. The predicted molar refractivity (Wildman–Crippen MR) is 223 cm³/mol. The second kappa shape index (κ2) is 18.0. The molecule has 3 saturated heterocycles. The van der Waals surface area contributed by atoms with Crippen molar-refractivity contribution in [2.75, 3.05) is 75.7 Å². The highest BCUT2D eigenvalue weighted by atomic mass is 35.5. The van der Waals surface area contributed by atoms with Crippen LogP contribution < -0.4 is 20.9 Å². The summed E-state index contributed by atoms with van der Waals surface area (Å²) in [5, 5.41) is 19.9. The van der Waals surface area contributed by atoms with Gasteiger partial charge in [0.15, 0.2) is 0 Å². The van der Waals surface area contributed by atoms with Crippen molar-refractivity contribution in [3.8, 4) is 11.1 Å². The third-order valence-corrected chi connectivity index (χ3v) is 12.8. The first-order valence-corrected chi connectivity index (χ1v) is 20.8. The molecular weight excluding hydrogens is 742 g/mol. The van der Waals surface area contributed by atoms with Crippen molar-refractivity contribution in [3.63, 3.8) is 0 Å². The monoisotopic (exact) mass is 797 g/mol. The minimum absolute atomic E-state index is 0.00255. The molecule has 4 N–H and O–H groups in total. The highest BCUT2D eigenvalue weighted by Gasteiger charge is 2.38. The molecule has 0 aliphatic carbocycles. The molecule has 0 aromatic heterocycles. The molecule has 57 heavy (non-hydrogen) atoms. The number of piperidine rings is 2. The molecule has 3 atom stereocenters. The molecule has 0 saturated carbocycles. The van der Waals surface area contributed by atoms with Crippen LogP contribution in [0.5, 0.6) is 0 Å². The standard InChI is InChI=1S/C44H56ClN7O5/c1-30-25-39(48-36-10-8-35(45)9-11-36)38-26-34(7-12-40(38)52(30)31(2)53)32-3-5-33(6-4-32)43(57)46-18-24-49-20-14-44(15-21-49)16-22-50(23-17-44)29-41(55)47-27-42(56)51-19-13-37(54)28-51/h3-12,26,30,37,39,48,54H,13-25,27-29H2,1-2H3,(H,46,57)(H,47,55). The van der Waals surface area contributed by atoms with Crippen LogP contribution >= 0.6 is 11.6 Å². The molecule has 0 bridgehead atoms. The average Bonchev–Trinajstić information content (AvgIpc) is 3.65. The quantitative estimate of drug-likeness (QED) is 0.215. The third-order valence-electron chi connectivity index (χ3n) is 12.6. The molecular formula is C44H56ClN7O5. The lowest BCUT2D eigenvalue weighted by Crippen LogP contribution is -2.50. The van der Waals surface area contributed by atoms with E-state index < -0.39 is 6.10 Å². The van der Waals surface area contributed by atoms with E-state index in [0.717, 1.165) is 92.9 Å². The number of nitrogens with one attached hydrogen (secondary N) is 3. The number of carbonyl (C=O) groups excluding carboxylic acids is 4. The Morgan fingerprint density at radius 2 is 1.51 bits per heavy atom. The van der Waals surface area contributed by atoms with E-state index in [1.807, 2.05) is 65.6 Å². The van der Waals surface area contributed by atoms with Gasteiger partial charge in [0.05, 0.1) is 25.2 Å². The Labute approximate surface area is 340 Å². The van der Waals surface area contributed by atoms with Gasteiger partial charge < -0.3 is 35.8 Å². The molecule has 1 spiro atoms. The number of hydrogen-bond acceptors (Lipinski definition) is 8. The van der Waals surface area contributed by atoms with Gasteiger partial charge in [-0.25, -0.2) is 0 Å². The second-order valence-corrected chi connectivity index (χ2v) is 16.9. The van der Waals surface area contributed by atoms with Crippen molar-refractivity contribution in [3.05, 3.63) is 82.9 Å². The first kappa shape index (κ1) is 40.7. The SMILES string of the molecule is CC(=O)N1c2ccc(-c3ccc(C(=O)NCCN4CCC5(CC4)CCN(CC(=O)NCC(=O)N4CCC(O)C4)CC5)cc3)cc2C(Nc2ccc(Cl)cc2)CC1C. The van der Waals surface area contributed by atoms with Gasteiger partial charge in [-0.15, -0.1) is 0 Å². The van der Waals surface area contributed by atoms with Crippen LogP contribution in [0.3, 0.4) is 0 Å². The zero-order chi connectivity index (χ0) is 40.1. The van der Waals surface area contributed by atoms with E-state index in [-0.39, 0.29) is 42.3 Å². The van der Waals surface area contributed by atoms with E-state index in [2.05, 4.69) is 38.7 Å². The van der Waals surface area contributed by atoms with Gasteiger partial charge >= 0.3 is 0 Å². The minimum Gasteiger partial charge on any atom is -0.391 e. The summed E-state index contributed by atoms with van der Waals surface area (Å²) in [7, 11) is 0. The van der Waals surface area contributed by atoms with Crippen molar-refractivity contribution in [1.29, 1.82) is 0 Å². The van der Waals surface area contributed by atoms with Gasteiger partial charge in [0.2, 0.25) is 17.7 Å². The highest BCUT2D eigenvalue weighted by molar-refractivity contribution is 6.30. The van der Waals surface area contributed by atoms with E-state index in [1.54, 1.807) is 11.8 Å². The van der Waals surface area contributed by atoms with Crippen LogP contribution in [0.25, 0.3) is 11.1 Å². The van der Waals surface area contributed by atoms with Crippen LogP contribution in [0, 0.1) is 5.41 Å². The first-order chi connectivity index (χ1) is 27.4. The number of fused-ring (bicyclic) bond motifs is 1. The van der Waals surface area contributed by atoms with Crippen LogP contribution in [-0.2, 0) is 14.4 Å². The lowest BCUT2D eigenvalue weighted by Gasteiger charge is -2.46.